The van der Waals surface area contributed by atoms with Gasteiger partial charge < -0.3 is 10.3 Å². The molecule has 1 aromatic carbocycles. The van der Waals surface area contributed by atoms with Crippen LogP contribution in [0, 0.1) is 6.92 Å². The SMILES string of the molecule is Cc1ccc(C(N)CS(=O)[O-])cc1. The smallest absolute Gasteiger partial charge is 0.0400 e. The molecule has 13 heavy (non-hydrogen) atoms. The predicted molar refractivity (Wildman–Crippen MR) is 51.9 cm³/mol. The highest BCUT2D eigenvalue weighted by atomic mass is 32.2. The Bertz CT molecular complexity index is 297. The molecule has 72 valence electrons. The second-order valence-electron chi connectivity index (χ2n) is 2.99. The van der Waals surface area contributed by atoms with Gasteiger partial charge in [0.1, 0.15) is 0 Å². The number of nitrogens with two attached hydrogens (primary N) is 1. The highest BCUT2D eigenvalue weighted by Crippen LogP contribution is 2.11. The average Bonchev–Trinajstić information content (AvgIpc) is 2.04. The Morgan fingerprint density at radius 3 is 2.46 bits per heavy atom. The molecule has 2 atom stereocenters. The van der Waals surface area contributed by atoms with Gasteiger partial charge in [-0.3, -0.25) is 4.21 Å². The Morgan fingerprint density at radius 2 is 2.00 bits per heavy atom. The molecule has 0 saturated carbocycles. The van der Waals surface area contributed by atoms with Crippen LogP contribution < -0.4 is 5.73 Å². The normalized spacial score (nSPS) is 15.3. The van der Waals surface area contributed by atoms with Crippen molar-refractivity contribution in [3.63, 3.8) is 0 Å². The standard InChI is InChI=1S/C9H13NO2S/c1-7-2-4-8(5-3-7)9(10)6-13(11)12/h2-5,9H,6,10H2,1H3,(H,11,12)/p-1. The zero-order valence-electron chi connectivity index (χ0n) is 7.40. The lowest BCUT2D eigenvalue weighted by atomic mass is 10.1. The second-order valence-corrected chi connectivity index (χ2v) is 3.93. The largest absolute Gasteiger partial charge is 0.772 e. The third-order valence-corrected chi connectivity index (χ3v) is 2.45. The van der Waals surface area contributed by atoms with E-state index < -0.39 is 17.1 Å². The minimum absolute atomic E-state index is 0.0247. The van der Waals surface area contributed by atoms with Crippen molar-refractivity contribution in [2.24, 2.45) is 5.73 Å². The second kappa shape index (κ2) is 4.50. The number of hydrogen-bond acceptors (Lipinski definition) is 3. The summed E-state index contributed by atoms with van der Waals surface area (Å²) in [6, 6.07) is 7.13. The molecule has 0 bridgehead atoms. The van der Waals surface area contributed by atoms with Crippen molar-refractivity contribution >= 4 is 11.1 Å². The van der Waals surface area contributed by atoms with E-state index in [9.17, 15) is 8.76 Å². The van der Waals surface area contributed by atoms with Crippen LogP contribution in [-0.2, 0) is 11.1 Å². The molecule has 0 radical (unpaired) electrons. The van der Waals surface area contributed by atoms with Crippen LogP contribution in [0.25, 0.3) is 0 Å². The lowest BCUT2D eigenvalue weighted by molar-refractivity contribution is 0.531. The molecule has 0 fully saturated rings. The van der Waals surface area contributed by atoms with E-state index >= 15 is 0 Å². The van der Waals surface area contributed by atoms with Crippen molar-refractivity contribution in [3.05, 3.63) is 35.4 Å². The summed E-state index contributed by atoms with van der Waals surface area (Å²) in [5.74, 6) is -0.0247. The maximum atomic E-state index is 10.4. The topological polar surface area (TPSA) is 66.2 Å². The summed E-state index contributed by atoms with van der Waals surface area (Å²) in [5.41, 5.74) is 7.65. The summed E-state index contributed by atoms with van der Waals surface area (Å²) < 4.78 is 20.7. The van der Waals surface area contributed by atoms with E-state index in [1.807, 2.05) is 31.2 Å². The van der Waals surface area contributed by atoms with Gasteiger partial charge >= 0.3 is 0 Å². The summed E-state index contributed by atoms with van der Waals surface area (Å²) in [6.07, 6.45) is 0. The van der Waals surface area contributed by atoms with E-state index in [1.165, 1.54) is 0 Å². The van der Waals surface area contributed by atoms with Crippen LogP contribution in [0.1, 0.15) is 17.2 Å². The van der Waals surface area contributed by atoms with Crippen LogP contribution in [0.4, 0.5) is 0 Å². The monoisotopic (exact) mass is 198 g/mol. The van der Waals surface area contributed by atoms with Crippen LogP contribution in [0.5, 0.6) is 0 Å². The van der Waals surface area contributed by atoms with Crippen molar-refractivity contribution in [2.75, 3.05) is 5.75 Å². The first kappa shape index (κ1) is 10.4. The lowest BCUT2D eigenvalue weighted by Gasteiger charge is -2.13. The Morgan fingerprint density at radius 1 is 1.46 bits per heavy atom. The van der Waals surface area contributed by atoms with Crippen molar-refractivity contribution in [3.8, 4) is 0 Å². The number of rotatable bonds is 3. The van der Waals surface area contributed by atoms with E-state index in [0.717, 1.165) is 11.1 Å². The first-order valence-electron chi connectivity index (χ1n) is 3.97. The average molecular weight is 198 g/mol. The first-order chi connectivity index (χ1) is 6.09. The summed E-state index contributed by atoms with van der Waals surface area (Å²) in [6.45, 7) is 1.97. The third-order valence-electron chi connectivity index (χ3n) is 1.82. The lowest BCUT2D eigenvalue weighted by Crippen LogP contribution is -2.17. The molecule has 1 rings (SSSR count). The molecule has 3 nitrogen and oxygen atoms in total. The van der Waals surface area contributed by atoms with Gasteiger partial charge in [-0.05, 0) is 12.5 Å². The molecule has 1 aromatic rings. The van der Waals surface area contributed by atoms with Gasteiger partial charge in [0.2, 0.25) is 0 Å². The van der Waals surface area contributed by atoms with E-state index in [0.29, 0.717) is 0 Å². The molecular weight excluding hydrogens is 186 g/mol. The fraction of sp³-hybridized carbons (Fsp3) is 0.333. The minimum Gasteiger partial charge on any atom is -0.772 e. The van der Waals surface area contributed by atoms with Gasteiger partial charge in [-0.2, -0.15) is 0 Å². The molecule has 2 N–H and O–H groups in total. The van der Waals surface area contributed by atoms with Crippen molar-refractivity contribution in [2.45, 2.75) is 13.0 Å². The Labute approximate surface area is 80.2 Å². The quantitative estimate of drug-likeness (QED) is 0.733. The molecule has 0 aliphatic heterocycles. The van der Waals surface area contributed by atoms with E-state index in [-0.39, 0.29) is 5.75 Å². The first-order valence-corrected chi connectivity index (χ1v) is 5.22. The van der Waals surface area contributed by atoms with Crippen molar-refractivity contribution in [1.82, 2.24) is 0 Å². The summed E-state index contributed by atoms with van der Waals surface area (Å²) in [5, 5.41) is 0. The molecule has 0 aromatic heterocycles. The zero-order valence-corrected chi connectivity index (χ0v) is 8.21. The molecule has 4 heteroatoms. The summed E-state index contributed by atoms with van der Waals surface area (Å²) in [4.78, 5) is 0. The van der Waals surface area contributed by atoms with Gasteiger partial charge in [0, 0.05) is 11.8 Å². The Balaban J connectivity index is 2.71. The predicted octanol–water partition coefficient (Wildman–Crippen LogP) is 0.874. The highest BCUT2D eigenvalue weighted by molar-refractivity contribution is 7.79. The third kappa shape index (κ3) is 3.26. The minimum atomic E-state index is -2.08. The molecule has 0 saturated heterocycles. The van der Waals surface area contributed by atoms with Crippen LogP contribution >= 0.6 is 0 Å². The van der Waals surface area contributed by atoms with Crippen LogP contribution in [0.15, 0.2) is 24.3 Å². The van der Waals surface area contributed by atoms with Crippen LogP contribution in [0.2, 0.25) is 0 Å². The van der Waals surface area contributed by atoms with E-state index in [2.05, 4.69) is 0 Å². The van der Waals surface area contributed by atoms with E-state index in [4.69, 9.17) is 5.73 Å². The molecule has 0 spiro atoms. The number of hydrogen-bond donors (Lipinski definition) is 1. The van der Waals surface area contributed by atoms with Crippen LogP contribution in [0.3, 0.4) is 0 Å². The maximum Gasteiger partial charge on any atom is 0.0400 e. The summed E-state index contributed by atoms with van der Waals surface area (Å²) >= 11 is -2.08. The Hall–Kier alpha value is -0.710. The van der Waals surface area contributed by atoms with Crippen molar-refractivity contribution in [1.29, 1.82) is 0 Å². The van der Waals surface area contributed by atoms with Gasteiger partial charge in [0.05, 0.1) is 0 Å². The van der Waals surface area contributed by atoms with Gasteiger partial charge in [-0.15, -0.1) is 0 Å². The van der Waals surface area contributed by atoms with Gasteiger partial charge in [0.15, 0.2) is 0 Å². The molecule has 0 aliphatic carbocycles. The fourth-order valence-corrected chi connectivity index (χ4v) is 1.54. The zero-order chi connectivity index (χ0) is 9.84. The maximum absolute atomic E-state index is 10.4. The fourth-order valence-electron chi connectivity index (χ4n) is 1.06. The van der Waals surface area contributed by atoms with Gasteiger partial charge in [-0.25, -0.2) is 0 Å². The highest BCUT2D eigenvalue weighted by Gasteiger charge is 2.04. The Kier molecular flexibility index (Phi) is 3.59. The molecular formula is C9H12NO2S-. The molecule has 0 aliphatic rings. The molecule has 2 unspecified atom stereocenters. The van der Waals surface area contributed by atoms with Gasteiger partial charge in [-0.1, -0.05) is 40.9 Å². The number of benzene rings is 1. The molecule has 0 heterocycles. The van der Waals surface area contributed by atoms with Crippen molar-refractivity contribution < 1.29 is 8.76 Å². The molecule has 0 amide bonds. The van der Waals surface area contributed by atoms with E-state index in [1.54, 1.807) is 0 Å². The van der Waals surface area contributed by atoms with Crippen LogP contribution in [-0.4, -0.2) is 14.5 Å². The number of aryl methyl sites for hydroxylation is 1. The summed E-state index contributed by atoms with van der Waals surface area (Å²) in [7, 11) is 0. The van der Waals surface area contributed by atoms with Gasteiger partial charge in [0.25, 0.3) is 0 Å².